The lowest BCUT2D eigenvalue weighted by Gasteiger charge is -2.25. The topological polar surface area (TPSA) is 27.0 Å². The molecular weight excluding hydrogens is 208 g/mol. The fourth-order valence-electron chi connectivity index (χ4n) is 2.56. The van der Waals surface area contributed by atoms with Crippen molar-refractivity contribution in [2.24, 2.45) is 0 Å². The van der Waals surface area contributed by atoms with Crippen molar-refractivity contribution in [1.82, 2.24) is 4.90 Å². The van der Waals surface area contributed by atoms with E-state index >= 15 is 0 Å². The van der Waals surface area contributed by atoms with Gasteiger partial charge in [-0.15, -0.1) is 0 Å². The number of rotatable bonds is 2. The van der Waals surface area contributed by atoms with Gasteiger partial charge in [0.2, 0.25) is 0 Å². The van der Waals surface area contributed by atoms with E-state index in [2.05, 4.69) is 36.1 Å². The number of likely N-dealkylation sites (tertiary alicyclic amines) is 1. The molecule has 90 valence electrons. The Kier molecular flexibility index (Phi) is 4.17. The molecule has 2 nitrogen and oxygen atoms in total. The van der Waals surface area contributed by atoms with Crippen molar-refractivity contribution in [2.75, 3.05) is 13.1 Å². The number of hydrogen-bond acceptors (Lipinski definition) is 2. The maximum atomic E-state index is 9.42. The molecule has 1 saturated heterocycles. The van der Waals surface area contributed by atoms with E-state index in [4.69, 9.17) is 0 Å². The van der Waals surface area contributed by atoms with Gasteiger partial charge in [-0.25, -0.2) is 0 Å². The molecule has 1 unspecified atom stereocenters. The summed E-state index contributed by atoms with van der Waals surface area (Å²) >= 11 is 0. The van der Waals surface area contributed by atoms with Crippen LogP contribution in [-0.4, -0.2) is 18.0 Å². The van der Waals surface area contributed by atoms with Gasteiger partial charge in [-0.2, -0.15) is 5.26 Å². The molecule has 0 bridgehead atoms. The van der Waals surface area contributed by atoms with Crippen LogP contribution in [0.5, 0.6) is 0 Å². The predicted molar refractivity (Wildman–Crippen MR) is 69.6 cm³/mol. The molecule has 0 radical (unpaired) electrons. The lowest BCUT2D eigenvalue weighted by molar-refractivity contribution is 0.245. The van der Waals surface area contributed by atoms with E-state index in [1.165, 1.54) is 31.2 Å². The molecule has 17 heavy (non-hydrogen) atoms. The van der Waals surface area contributed by atoms with Crippen molar-refractivity contribution < 1.29 is 0 Å². The van der Waals surface area contributed by atoms with Crippen LogP contribution in [0.15, 0.2) is 24.3 Å². The van der Waals surface area contributed by atoms with Gasteiger partial charge in [0, 0.05) is 0 Å². The fourth-order valence-corrected chi connectivity index (χ4v) is 2.56. The number of nitrogens with zero attached hydrogens (tertiary/aromatic N) is 2. The van der Waals surface area contributed by atoms with Crippen LogP contribution in [0.4, 0.5) is 0 Å². The summed E-state index contributed by atoms with van der Waals surface area (Å²) in [6.07, 6.45) is 5.07. The smallest absolute Gasteiger partial charge is 0.123 e. The highest BCUT2D eigenvalue weighted by atomic mass is 15.1. The Bertz CT molecular complexity index is 398. The second-order valence-electron chi connectivity index (χ2n) is 4.90. The second kappa shape index (κ2) is 5.84. The van der Waals surface area contributed by atoms with Crippen molar-refractivity contribution in [3.8, 4) is 6.07 Å². The van der Waals surface area contributed by atoms with Gasteiger partial charge in [0.05, 0.1) is 6.07 Å². The van der Waals surface area contributed by atoms with Crippen molar-refractivity contribution in [3.63, 3.8) is 0 Å². The van der Waals surface area contributed by atoms with Crippen LogP contribution >= 0.6 is 0 Å². The molecule has 0 saturated carbocycles. The zero-order valence-electron chi connectivity index (χ0n) is 10.5. The molecular formula is C15H20N2. The van der Waals surface area contributed by atoms with E-state index in [0.717, 1.165) is 18.7 Å². The maximum Gasteiger partial charge on any atom is 0.123 e. The lowest BCUT2D eigenvalue weighted by atomic mass is 10.0. The maximum absolute atomic E-state index is 9.42. The number of benzene rings is 1. The highest BCUT2D eigenvalue weighted by molar-refractivity contribution is 5.28. The van der Waals surface area contributed by atoms with Gasteiger partial charge in [-0.3, -0.25) is 4.90 Å². The van der Waals surface area contributed by atoms with Gasteiger partial charge >= 0.3 is 0 Å². The number of nitriles is 1. The zero-order chi connectivity index (χ0) is 12.1. The molecule has 1 aromatic rings. The molecule has 2 heteroatoms. The first-order chi connectivity index (χ1) is 8.31. The summed E-state index contributed by atoms with van der Waals surface area (Å²) in [5.74, 6) is 0. The third-order valence-corrected chi connectivity index (χ3v) is 3.49. The van der Waals surface area contributed by atoms with Gasteiger partial charge < -0.3 is 0 Å². The molecule has 1 aliphatic heterocycles. The van der Waals surface area contributed by atoms with Crippen LogP contribution in [0, 0.1) is 18.3 Å². The average Bonchev–Trinajstić information content (AvgIpc) is 2.59. The largest absolute Gasteiger partial charge is 0.284 e. The summed E-state index contributed by atoms with van der Waals surface area (Å²) in [6.45, 7) is 4.21. The van der Waals surface area contributed by atoms with Crippen LogP contribution in [-0.2, 0) is 0 Å². The first-order valence-electron chi connectivity index (χ1n) is 6.51. The molecule has 1 aliphatic rings. The molecule has 2 rings (SSSR count). The van der Waals surface area contributed by atoms with Gasteiger partial charge in [0.25, 0.3) is 0 Å². The molecule has 1 heterocycles. The zero-order valence-corrected chi connectivity index (χ0v) is 10.5. The van der Waals surface area contributed by atoms with Crippen LogP contribution < -0.4 is 0 Å². The average molecular weight is 228 g/mol. The summed E-state index contributed by atoms with van der Waals surface area (Å²) in [7, 11) is 0. The Morgan fingerprint density at radius 2 is 1.88 bits per heavy atom. The van der Waals surface area contributed by atoms with Gasteiger partial charge in [0.1, 0.15) is 6.04 Å². The Hall–Kier alpha value is -1.33. The normalized spacial score (nSPS) is 19.3. The molecule has 0 amide bonds. The van der Waals surface area contributed by atoms with Crippen LogP contribution in [0.3, 0.4) is 0 Å². The molecule has 0 N–H and O–H groups in total. The Balaban J connectivity index is 2.18. The van der Waals surface area contributed by atoms with Crippen LogP contribution in [0.2, 0.25) is 0 Å². The standard InChI is InChI=1S/C15H20N2/c1-13-7-6-8-14(11-13)15(12-16)17-9-4-2-3-5-10-17/h6-8,11,15H,2-5,9-10H2,1H3. The van der Waals surface area contributed by atoms with Crippen molar-refractivity contribution >= 4 is 0 Å². The van der Waals surface area contributed by atoms with Crippen molar-refractivity contribution in [2.45, 2.75) is 38.6 Å². The third-order valence-electron chi connectivity index (χ3n) is 3.49. The van der Waals surface area contributed by atoms with Gasteiger partial charge in [-0.1, -0.05) is 42.7 Å². The minimum absolute atomic E-state index is 0.0620. The minimum atomic E-state index is -0.0620. The van der Waals surface area contributed by atoms with E-state index in [0.29, 0.717) is 0 Å². The summed E-state index contributed by atoms with van der Waals surface area (Å²) in [4.78, 5) is 2.34. The van der Waals surface area contributed by atoms with Crippen molar-refractivity contribution in [1.29, 1.82) is 5.26 Å². The van der Waals surface area contributed by atoms with E-state index < -0.39 is 0 Å². The highest BCUT2D eigenvalue weighted by Crippen LogP contribution is 2.24. The van der Waals surface area contributed by atoms with E-state index in [1.807, 2.05) is 6.07 Å². The van der Waals surface area contributed by atoms with E-state index in [1.54, 1.807) is 0 Å². The summed E-state index contributed by atoms with van der Waals surface area (Å²) in [5, 5.41) is 9.42. The minimum Gasteiger partial charge on any atom is -0.284 e. The number of aryl methyl sites for hydroxylation is 1. The molecule has 0 aromatic heterocycles. The monoisotopic (exact) mass is 228 g/mol. The lowest BCUT2D eigenvalue weighted by Crippen LogP contribution is -2.28. The molecule has 1 fully saturated rings. The fraction of sp³-hybridized carbons (Fsp3) is 0.533. The Morgan fingerprint density at radius 1 is 1.18 bits per heavy atom. The van der Waals surface area contributed by atoms with Gasteiger partial charge in [-0.05, 0) is 38.4 Å². The second-order valence-corrected chi connectivity index (χ2v) is 4.90. The molecule has 0 spiro atoms. The predicted octanol–water partition coefficient (Wildman–Crippen LogP) is 3.44. The summed E-state index contributed by atoms with van der Waals surface area (Å²) in [6, 6.07) is 10.8. The number of hydrogen-bond donors (Lipinski definition) is 0. The molecule has 0 aliphatic carbocycles. The molecule has 1 atom stereocenters. The first kappa shape index (κ1) is 12.1. The highest BCUT2D eigenvalue weighted by Gasteiger charge is 2.20. The quantitative estimate of drug-likeness (QED) is 0.775. The third kappa shape index (κ3) is 3.08. The van der Waals surface area contributed by atoms with Crippen LogP contribution in [0.25, 0.3) is 0 Å². The van der Waals surface area contributed by atoms with E-state index in [-0.39, 0.29) is 6.04 Å². The molecule has 1 aromatic carbocycles. The van der Waals surface area contributed by atoms with Crippen molar-refractivity contribution in [3.05, 3.63) is 35.4 Å². The summed E-state index contributed by atoms with van der Waals surface area (Å²) < 4.78 is 0. The summed E-state index contributed by atoms with van der Waals surface area (Å²) in [5.41, 5.74) is 2.38. The SMILES string of the molecule is Cc1cccc(C(C#N)N2CCCCCC2)c1. The Labute approximate surface area is 104 Å². The first-order valence-corrected chi connectivity index (χ1v) is 6.51. The van der Waals surface area contributed by atoms with Crippen LogP contribution in [0.1, 0.15) is 42.9 Å². The Morgan fingerprint density at radius 3 is 2.47 bits per heavy atom. The van der Waals surface area contributed by atoms with Gasteiger partial charge in [0.15, 0.2) is 0 Å². The van der Waals surface area contributed by atoms with E-state index in [9.17, 15) is 5.26 Å².